The number of nitrogens with one attached hydrogen (secondary N) is 1. The van der Waals surface area contributed by atoms with Crippen LogP contribution in [0.4, 0.5) is 13.2 Å². The van der Waals surface area contributed by atoms with E-state index in [4.69, 9.17) is 0 Å². The van der Waals surface area contributed by atoms with E-state index in [0.29, 0.717) is 6.54 Å². The normalized spacial score (nSPS) is 14.5. The molecule has 0 rings (SSSR count). The third-order valence-electron chi connectivity index (χ3n) is 2.36. The molecule has 0 saturated carbocycles. The molecule has 1 unspecified atom stereocenters. The highest BCUT2D eigenvalue weighted by Gasteiger charge is 2.41. The van der Waals surface area contributed by atoms with Crippen molar-refractivity contribution in [2.24, 2.45) is 4.99 Å². The maximum Gasteiger partial charge on any atom is 0.451 e. The Morgan fingerprint density at radius 1 is 1.41 bits per heavy atom. The van der Waals surface area contributed by atoms with Crippen molar-refractivity contribution in [3.63, 3.8) is 0 Å². The summed E-state index contributed by atoms with van der Waals surface area (Å²) in [6.07, 6.45) is -3.80. The van der Waals surface area contributed by atoms with Gasteiger partial charge in [-0.25, -0.2) is 0 Å². The van der Waals surface area contributed by atoms with Crippen molar-refractivity contribution < 1.29 is 22.9 Å². The Labute approximate surface area is 107 Å². The smallest absolute Gasteiger partial charge is 0.334 e. The highest BCUT2D eigenvalue weighted by atomic mass is 79.9. The summed E-state index contributed by atoms with van der Waals surface area (Å²) in [6, 6.07) is 0. The first-order valence-corrected chi connectivity index (χ1v) is 6.33. The number of alkyl halides is 4. The largest absolute Gasteiger partial charge is 0.451 e. The number of rotatable bonds is 7. The SMILES string of the molecule is CC[NH+](CC)CCN=CC(Br)C(=O)C(F)(F)F. The summed E-state index contributed by atoms with van der Waals surface area (Å²) in [7, 11) is 0. The van der Waals surface area contributed by atoms with E-state index in [1.807, 2.05) is 13.8 Å². The molecule has 3 nitrogen and oxygen atoms in total. The van der Waals surface area contributed by atoms with E-state index in [2.05, 4.69) is 20.9 Å². The van der Waals surface area contributed by atoms with Gasteiger partial charge in [0.25, 0.3) is 5.78 Å². The highest BCUT2D eigenvalue weighted by Crippen LogP contribution is 2.20. The van der Waals surface area contributed by atoms with Crippen molar-refractivity contribution in [1.29, 1.82) is 0 Å². The lowest BCUT2D eigenvalue weighted by molar-refractivity contribution is -0.894. The summed E-state index contributed by atoms with van der Waals surface area (Å²) >= 11 is 2.65. The van der Waals surface area contributed by atoms with Gasteiger partial charge in [-0.05, 0) is 13.8 Å². The predicted octanol–water partition coefficient (Wildman–Crippen LogP) is 0.877. The van der Waals surface area contributed by atoms with Gasteiger partial charge in [-0.3, -0.25) is 9.79 Å². The molecule has 0 heterocycles. The van der Waals surface area contributed by atoms with E-state index in [1.54, 1.807) is 0 Å². The van der Waals surface area contributed by atoms with Crippen molar-refractivity contribution in [3.8, 4) is 0 Å². The highest BCUT2D eigenvalue weighted by molar-refractivity contribution is 9.10. The lowest BCUT2D eigenvalue weighted by Crippen LogP contribution is -3.11. The molecule has 1 atom stereocenters. The Morgan fingerprint density at radius 3 is 2.35 bits per heavy atom. The number of likely N-dealkylation sites (N-methyl/N-ethyl adjacent to an activating group) is 1. The summed E-state index contributed by atoms with van der Waals surface area (Å²) in [5.74, 6) is -1.82. The summed E-state index contributed by atoms with van der Waals surface area (Å²) < 4.78 is 36.0. The van der Waals surface area contributed by atoms with Gasteiger partial charge in [-0.2, -0.15) is 13.2 Å². The topological polar surface area (TPSA) is 33.9 Å². The average molecular weight is 318 g/mol. The fourth-order valence-corrected chi connectivity index (χ4v) is 1.64. The molecule has 0 bridgehead atoms. The standard InChI is InChI=1S/C10H16BrF3N2O/c1-3-16(4-2)6-5-15-7-8(11)9(17)10(12,13)14/h7-8H,3-6H2,1-2H3/p+1. The van der Waals surface area contributed by atoms with Crippen LogP contribution in [0.1, 0.15) is 13.8 Å². The van der Waals surface area contributed by atoms with Crippen molar-refractivity contribution >= 4 is 27.9 Å². The quantitative estimate of drug-likeness (QED) is 0.549. The zero-order chi connectivity index (χ0) is 13.5. The van der Waals surface area contributed by atoms with Gasteiger partial charge in [0.15, 0.2) is 0 Å². The van der Waals surface area contributed by atoms with Crippen LogP contribution in [0.3, 0.4) is 0 Å². The maximum absolute atomic E-state index is 12.0. The van der Waals surface area contributed by atoms with E-state index in [0.717, 1.165) is 25.8 Å². The van der Waals surface area contributed by atoms with Crippen LogP contribution in [0.5, 0.6) is 0 Å². The van der Waals surface area contributed by atoms with Gasteiger partial charge in [0.2, 0.25) is 0 Å². The predicted molar refractivity (Wildman–Crippen MR) is 64.0 cm³/mol. The molecule has 0 spiro atoms. The molecule has 0 radical (unpaired) electrons. The second-order valence-electron chi connectivity index (χ2n) is 3.53. The van der Waals surface area contributed by atoms with Crippen LogP contribution in [0, 0.1) is 0 Å². The third-order valence-corrected chi connectivity index (χ3v) is 3.01. The van der Waals surface area contributed by atoms with Crippen molar-refractivity contribution in [3.05, 3.63) is 0 Å². The van der Waals surface area contributed by atoms with Crippen LogP contribution < -0.4 is 4.90 Å². The Balaban J connectivity index is 4.05. The second kappa shape index (κ2) is 7.81. The lowest BCUT2D eigenvalue weighted by atomic mass is 10.3. The molecule has 0 saturated heterocycles. The number of hydrogen-bond acceptors (Lipinski definition) is 2. The Kier molecular flexibility index (Phi) is 7.61. The van der Waals surface area contributed by atoms with E-state index in [9.17, 15) is 18.0 Å². The summed E-state index contributed by atoms with van der Waals surface area (Å²) in [4.78, 5) is 14.5. The van der Waals surface area contributed by atoms with E-state index >= 15 is 0 Å². The molecular formula is C10H17BrF3N2O+. The van der Waals surface area contributed by atoms with Crippen LogP contribution in [0.15, 0.2) is 4.99 Å². The van der Waals surface area contributed by atoms with Crippen LogP contribution in [0.25, 0.3) is 0 Å². The first kappa shape index (κ1) is 16.6. The molecule has 0 aromatic heterocycles. The summed E-state index contributed by atoms with van der Waals surface area (Å²) in [5, 5.41) is 0. The fraction of sp³-hybridized carbons (Fsp3) is 0.800. The van der Waals surface area contributed by atoms with Crippen molar-refractivity contribution in [2.45, 2.75) is 24.9 Å². The van der Waals surface area contributed by atoms with E-state index in [1.165, 1.54) is 4.90 Å². The number of quaternary nitrogens is 1. The van der Waals surface area contributed by atoms with Gasteiger partial charge in [0, 0.05) is 6.21 Å². The second-order valence-corrected chi connectivity index (χ2v) is 4.51. The molecule has 17 heavy (non-hydrogen) atoms. The minimum absolute atomic E-state index is 0.421. The minimum Gasteiger partial charge on any atom is -0.334 e. The first-order chi connectivity index (χ1) is 7.82. The molecule has 0 aromatic rings. The number of ketones is 1. The van der Waals surface area contributed by atoms with Gasteiger partial charge >= 0.3 is 6.18 Å². The zero-order valence-corrected chi connectivity index (χ0v) is 11.4. The number of nitrogens with zero attached hydrogens (tertiary/aromatic N) is 1. The number of Topliss-reactive ketones (excluding diaryl/α,β-unsaturated/α-hetero) is 1. The van der Waals surface area contributed by atoms with Gasteiger partial charge < -0.3 is 4.90 Å². The first-order valence-electron chi connectivity index (χ1n) is 5.41. The average Bonchev–Trinajstić information content (AvgIpc) is 2.26. The Hall–Kier alpha value is -0.430. The number of aliphatic imine (C=N–C) groups is 1. The molecule has 0 aromatic carbocycles. The molecular weight excluding hydrogens is 301 g/mol. The monoisotopic (exact) mass is 317 g/mol. The minimum atomic E-state index is -4.82. The number of carbonyl (C=O) groups excluding carboxylic acids is 1. The Morgan fingerprint density at radius 2 is 1.94 bits per heavy atom. The molecule has 0 amide bonds. The number of carbonyl (C=O) groups is 1. The van der Waals surface area contributed by atoms with Crippen LogP contribution in [-0.4, -0.2) is 49.2 Å². The van der Waals surface area contributed by atoms with Crippen LogP contribution in [-0.2, 0) is 4.79 Å². The Bertz CT molecular complexity index is 265. The van der Waals surface area contributed by atoms with Crippen LogP contribution in [0.2, 0.25) is 0 Å². The molecule has 100 valence electrons. The van der Waals surface area contributed by atoms with Gasteiger partial charge in [-0.15, -0.1) is 0 Å². The molecule has 1 N–H and O–H groups in total. The van der Waals surface area contributed by atoms with Crippen molar-refractivity contribution in [1.82, 2.24) is 0 Å². The fourth-order valence-electron chi connectivity index (χ4n) is 1.22. The molecule has 7 heteroatoms. The lowest BCUT2D eigenvalue weighted by Gasteiger charge is -2.13. The number of halogens is 4. The summed E-state index contributed by atoms with van der Waals surface area (Å²) in [5.41, 5.74) is 0. The zero-order valence-electron chi connectivity index (χ0n) is 9.85. The van der Waals surface area contributed by atoms with Gasteiger partial charge in [0.1, 0.15) is 4.83 Å². The molecule has 0 aliphatic carbocycles. The molecule has 0 aliphatic heterocycles. The molecule has 0 fully saturated rings. The van der Waals surface area contributed by atoms with Gasteiger partial charge in [-0.1, -0.05) is 15.9 Å². The van der Waals surface area contributed by atoms with Gasteiger partial charge in [0.05, 0.1) is 26.2 Å². The third kappa shape index (κ3) is 6.78. The van der Waals surface area contributed by atoms with E-state index < -0.39 is 16.8 Å². The van der Waals surface area contributed by atoms with E-state index in [-0.39, 0.29) is 0 Å². The number of hydrogen-bond donors (Lipinski definition) is 1. The summed E-state index contributed by atoms with van der Waals surface area (Å²) in [6.45, 7) is 7.14. The van der Waals surface area contributed by atoms with Crippen LogP contribution >= 0.6 is 15.9 Å². The molecule has 0 aliphatic rings. The van der Waals surface area contributed by atoms with Crippen molar-refractivity contribution in [2.75, 3.05) is 26.2 Å². The maximum atomic E-state index is 12.0.